The van der Waals surface area contributed by atoms with Gasteiger partial charge in [0.15, 0.2) is 0 Å². The summed E-state index contributed by atoms with van der Waals surface area (Å²) in [4.78, 5) is 0. The van der Waals surface area contributed by atoms with Crippen LogP contribution in [0.15, 0.2) is 12.1 Å². The van der Waals surface area contributed by atoms with Gasteiger partial charge in [0, 0.05) is 0 Å². The van der Waals surface area contributed by atoms with Crippen molar-refractivity contribution >= 4 is 7.85 Å². The van der Waals surface area contributed by atoms with Gasteiger partial charge in [-0.05, 0) is 36.0 Å². The molecule has 0 aromatic heterocycles. The zero-order valence-corrected chi connectivity index (χ0v) is 11.8. The zero-order chi connectivity index (χ0) is 12.8. The highest BCUT2D eigenvalue weighted by Gasteiger charge is 2.13. The molecule has 92 valence electrons. The molecule has 0 bridgehead atoms. The lowest BCUT2D eigenvalue weighted by Crippen LogP contribution is -2.07. The molecule has 0 fully saturated rings. The normalized spacial score (nSPS) is 12.7. The van der Waals surface area contributed by atoms with Crippen LogP contribution in [0.5, 0.6) is 0 Å². The maximum absolute atomic E-state index is 6.30. The molecular formula is C16H25B. The molecule has 0 saturated carbocycles. The first kappa shape index (κ1) is 14.3. The highest BCUT2D eigenvalue weighted by Crippen LogP contribution is 2.28. The van der Waals surface area contributed by atoms with Crippen LogP contribution < -0.4 is 0 Å². The number of hydrogen-bond acceptors (Lipinski definition) is 0. The second-order valence-corrected chi connectivity index (χ2v) is 4.73. The monoisotopic (exact) mass is 228 g/mol. The Labute approximate surface area is 108 Å². The van der Waals surface area contributed by atoms with Crippen molar-refractivity contribution in [2.75, 3.05) is 0 Å². The molecule has 1 aromatic carbocycles. The predicted octanol–water partition coefficient (Wildman–Crippen LogP) is 4.38. The molecule has 1 aromatic rings. The van der Waals surface area contributed by atoms with Gasteiger partial charge in [0.05, 0.1) is 7.85 Å². The first-order valence-electron chi connectivity index (χ1n) is 7.08. The van der Waals surface area contributed by atoms with Gasteiger partial charge in [0.25, 0.3) is 0 Å². The summed E-state index contributed by atoms with van der Waals surface area (Å²) in [6.07, 6.45) is 5.59. The lowest BCUT2D eigenvalue weighted by Gasteiger charge is -2.21. The molecule has 0 aliphatic heterocycles. The topological polar surface area (TPSA) is 0 Å². The average molecular weight is 228 g/mol. The summed E-state index contributed by atoms with van der Waals surface area (Å²) < 4.78 is 0. The Morgan fingerprint density at radius 2 is 1.59 bits per heavy atom. The molecule has 1 atom stereocenters. The Morgan fingerprint density at radius 1 is 0.941 bits per heavy atom. The molecule has 0 nitrogen and oxygen atoms in total. The smallest absolute Gasteiger partial charge is 0.0654 e. The van der Waals surface area contributed by atoms with Gasteiger partial charge in [-0.2, -0.15) is 0 Å². The van der Waals surface area contributed by atoms with E-state index in [4.69, 9.17) is 7.85 Å². The van der Waals surface area contributed by atoms with E-state index >= 15 is 0 Å². The fourth-order valence-electron chi connectivity index (χ4n) is 2.76. The van der Waals surface area contributed by atoms with Crippen LogP contribution in [0, 0.1) is 0 Å². The lowest BCUT2D eigenvalue weighted by atomic mass is 9.74. The second kappa shape index (κ2) is 6.88. The van der Waals surface area contributed by atoms with Crippen LogP contribution in [0.1, 0.15) is 68.6 Å². The standard InChI is InChI=1S/C16H25B/c1-5-9-16(17)15-11-10-12(6-2)13(7-3)14(15)8-4/h10-11,16H,5-9H2,1-4H3. The Kier molecular flexibility index (Phi) is 5.81. The molecule has 0 amide bonds. The Bertz CT molecular complexity index is 355. The number of aryl methyl sites for hydroxylation is 1. The minimum atomic E-state index is 0.214. The predicted molar refractivity (Wildman–Crippen MR) is 78.0 cm³/mol. The molecular weight excluding hydrogens is 203 g/mol. The molecule has 0 N–H and O–H groups in total. The molecule has 0 heterocycles. The first-order valence-corrected chi connectivity index (χ1v) is 7.08. The quantitative estimate of drug-likeness (QED) is 0.633. The third-order valence-corrected chi connectivity index (χ3v) is 3.65. The van der Waals surface area contributed by atoms with Gasteiger partial charge in [0.2, 0.25) is 0 Å². The number of benzene rings is 1. The van der Waals surface area contributed by atoms with Gasteiger partial charge in [0.1, 0.15) is 0 Å². The van der Waals surface area contributed by atoms with Crippen LogP contribution in [0.4, 0.5) is 0 Å². The maximum Gasteiger partial charge on any atom is 0.0763 e. The van der Waals surface area contributed by atoms with E-state index in [0.29, 0.717) is 0 Å². The van der Waals surface area contributed by atoms with Crippen LogP contribution in [0.3, 0.4) is 0 Å². The number of hydrogen-bond donors (Lipinski definition) is 0. The molecule has 0 spiro atoms. The minimum absolute atomic E-state index is 0.214. The first-order chi connectivity index (χ1) is 8.19. The van der Waals surface area contributed by atoms with Crippen molar-refractivity contribution in [3.05, 3.63) is 34.4 Å². The SMILES string of the molecule is [B]C(CCC)c1ccc(CC)c(CC)c1CC. The van der Waals surface area contributed by atoms with Crippen LogP contribution in [0.25, 0.3) is 0 Å². The third kappa shape index (κ3) is 3.15. The fourth-order valence-corrected chi connectivity index (χ4v) is 2.76. The van der Waals surface area contributed by atoms with Gasteiger partial charge in [-0.1, -0.05) is 64.1 Å². The summed E-state index contributed by atoms with van der Waals surface area (Å²) in [6, 6.07) is 4.54. The molecule has 2 radical (unpaired) electrons. The van der Waals surface area contributed by atoms with Crippen molar-refractivity contribution in [1.82, 2.24) is 0 Å². The van der Waals surface area contributed by atoms with Crippen molar-refractivity contribution in [2.45, 2.75) is 65.6 Å². The average Bonchev–Trinajstić information content (AvgIpc) is 2.36. The highest BCUT2D eigenvalue weighted by molar-refractivity contribution is 6.12. The van der Waals surface area contributed by atoms with Gasteiger partial charge < -0.3 is 0 Å². The van der Waals surface area contributed by atoms with E-state index in [1.54, 1.807) is 5.56 Å². The summed E-state index contributed by atoms with van der Waals surface area (Å²) in [5.41, 5.74) is 5.92. The maximum atomic E-state index is 6.30. The Hall–Kier alpha value is -0.715. The summed E-state index contributed by atoms with van der Waals surface area (Å²) in [5, 5.41) is 0. The lowest BCUT2D eigenvalue weighted by molar-refractivity contribution is 0.757. The fraction of sp³-hybridized carbons (Fsp3) is 0.625. The van der Waals surface area contributed by atoms with Gasteiger partial charge in [-0.25, -0.2) is 0 Å². The van der Waals surface area contributed by atoms with Crippen LogP contribution in [-0.2, 0) is 19.3 Å². The third-order valence-electron chi connectivity index (χ3n) is 3.65. The van der Waals surface area contributed by atoms with Crippen molar-refractivity contribution in [3.8, 4) is 0 Å². The Balaban J connectivity index is 3.22. The van der Waals surface area contributed by atoms with Crippen molar-refractivity contribution < 1.29 is 0 Å². The van der Waals surface area contributed by atoms with E-state index in [9.17, 15) is 0 Å². The second-order valence-electron chi connectivity index (χ2n) is 4.73. The van der Waals surface area contributed by atoms with Crippen molar-refractivity contribution in [1.29, 1.82) is 0 Å². The van der Waals surface area contributed by atoms with Gasteiger partial charge >= 0.3 is 0 Å². The van der Waals surface area contributed by atoms with Crippen LogP contribution >= 0.6 is 0 Å². The molecule has 17 heavy (non-hydrogen) atoms. The van der Waals surface area contributed by atoms with Crippen molar-refractivity contribution in [3.63, 3.8) is 0 Å². The molecule has 0 aliphatic rings. The van der Waals surface area contributed by atoms with E-state index in [1.165, 1.54) is 16.7 Å². The van der Waals surface area contributed by atoms with Gasteiger partial charge in [-0.15, -0.1) is 0 Å². The van der Waals surface area contributed by atoms with E-state index < -0.39 is 0 Å². The molecule has 1 unspecified atom stereocenters. The molecule has 0 saturated heterocycles. The van der Waals surface area contributed by atoms with E-state index in [2.05, 4.69) is 39.8 Å². The van der Waals surface area contributed by atoms with E-state index in [1.807, 2.05) is 0 Å². The van der Waals surface area contributed by atoms with Crippen LogP contribution in [0.2, 0.25) is 0 Å². The summed E-state index contributed by atoms with van der Waals surface area (Å²) >= 11 is 0. The van der Waals surface area contributed by atoms with Crippen molar-refractivity contribution in [2.24, 2.45) is 0 Å². The summed E-state index contributed by atoms with van der Waals surface area (Å²) in [7, 11) is 6.30. The minimum Gasteiger partial charge on any atom is -0.0654 e. The molecule has 0 aliphatic carbocycles. The largest absolute Gasteiger partial charge is 0.0763 e. The molecule has 1 heteroatoms. The van der Waals surface area contributed by atoms with E-state index in [-0.39, 0.29) is 5.82 Å². The van der Waals surface area contributed by atoms with Gasteiger partial charge in [-0.3, -0.25) is 0 Å². The molecule has 1 rings (SSSR count). The zero-order valence-electron chi connectivity index (χ0n) is 11.8. The van der Waals surface area contributed by atoms with Crippen LogP contribution in [-0.4, -0.2) is 7.85 Å². The highest BCUT2D eigenvalue weighted by atomic mass is 14.2. The summed E-state index contributed by atoms with van der Waals surface area (Å²) in [5.74, 6) is 0.214. The summed E-state index contributed by atoms with van der Waals surface area (Å²) in [6.45, 7) is 8.94. The number of rotatable bonds is 6. The van der Waals surface area contributed by atoms with E-state index in [0.717, 1.165) is 32.1 Å². The Morgan fingerprint density at radius 3 is 2.06 bits per heavy atom.